The molecular weight excluding hydrogens is 316 g/mol. The summed E-state index contributed by atoms with van der Waals surface area (Å²) in [5, 5.41) is 0.614. The van der Waals surface area contributed by atoms with Crippen LogP contribution in [0.3, 0.4) is 0 Å². The number of ether oxygens (including phenoxy) is 2. The van der Waals surface area contributed by atoms with Gasteiger partial charge in [0.25, 0.3) is 0 Å². The quantitative estimate of drug-likeness (QED) is 0.770. The van der Waals surface area contributed by atoms with Gasteiger partial charge in [-0.25, -0.2) is 4.79 Å². The Bertz CT molecular complexity index is 581. The molecule has 3 rings (SSSR count). The van der Waals surface area contributed by atoms with Gasteiger partial charge in [0.05, 0.1) is 7.11 Å². The SMILES string of the molecule is COC(=O)C1(Oc2cc(Cl)ccc2CN2CCN(C)CC2)CC1. The Morgan fingerprint density at radius 2 is 1.96 bits per heavy atom. The molecule has 0 atom stereocenters. The number of esters is 1. The van der Waals surface area contributed by atoms with E-state index >= 15 is 0 Å². The number of carbonyl (C=O) groups excluding carboxylic acids is 1. The minimum atomic E-state index is -0.809. The Balaban J connectivity index is 1.74. The molecule has 0 radical (unpaired) electrons. The van der Waals surface area contributed by atoms with Gasteiger partial charge < -0.3 is 14.4 Å². The first-order valence-electron chi connectivity index (χ1n) is 7.99. The second kappa shape index (κ2) is 6.67. The van der Waals surface area contributed by atoms with Crippen LogP contribution < -0.4 is 4.74 Å². The average molecular weight is 339 g/mol. The van der Waals surface area contributed by atoms with Crippen molar-refractivity contribution in [3.05, 3.63) is 28.8 Å². The Hall–Kier alpha value is -1.30. The fourth-order valence-electron chi connectivity index (χ4n) is 2.86. The summed E-state index contributed by atoms with van der Waals surface area (Å²) in [6, 6.07) is 5.66. The molecule has 1 aliphatic heterocycles. The highest BCUT2D eigenvalue weighted by Gasteiger charge is 2.54. The van der Waals surface area contributed by atoms with Gasteiger partial charge >= 0.3 is 5.97 Å². The summed E-state index contributed by atoms with van der Waals surface area (Å²) in [7, 11) is 3.54. The van der Waals surface area contributed by atoms with E-state index in [0.717, 1.165) is 38.3 Å². The van der Waals surface area contributed by atoms with Crippen molar-refractivity contribution in [3.8, 4) is 5.75 Å². The second-order valence-electron chi connectivity index (χ2n) is 6.42. The van der Waals surface area contributed by atoms with Crippen molar-refractivity contribution in [2.45, 2.75) is 25.0 Å². The molecule has 0 bridgehead atoms. The molecule has 0 spiro atoms. The van der Waals surface area contributed by atoms with E-state index in [0.29, 0.717) is 23.6 Å². The van der Waals surface area contributed by atoms with Gasteiger partial charge in [0.1, 0.15) is 5.75 Å². The second-order valence-corrected chi connectivity index (χ2v) is 6.86. The van der Waals surface area contributed by atoms with Crippen LogP contribution in [-0.2, 0) is 16.1 Å². The van der Waals surface area contributed by atoms with Crippen LogP contribution >= 0.6 is 11.6 Å². The lowest BCUT2D eigenvalue weighted by molar-refractivity contribution is -0.151. The first-order valence-corrected chi connectivity index (χ1v) is 8.37. The van der Waals surface area contributed by atoms with Crippen molar-refractivity contribution in [1.29, 1.82) is 0 Å². The van der Waals surface area contributed by atoms with Gasteiger partial charge in [0.2, 0.25) is 5.60 Å². The molecule has 1 saturated carbocycles. The zero-order valence-electron chi connectivity index (χ0n) is 13.7. The number of likely N-dealkylation sites (N-methyl/N-ethyl adjacent to an activating group) is 1. The van der Waals surface area contributed by atoms with Crippen LogP contribution in [0.4, 0.5) is 0 Å². The minimum absolute atomic E-state index is 0.303. The van der Waals surface area contributed by atoms with E-state index in [-0.39, 0.29) is 5.97 Å². The molecule has 5 nitrogen and oxygen atoms in total. The summed E-state index contributed by atoms with van der Waals surface area (Å²) in [5.41, 5.74) is 0.255. The van der Waals surface area contributed by atoms with E-state index < -0.39 is 5.60 Å². The fraction of sp³-hybridized carbons (Fsp3) is 0.588. The first-order chi connectivity index (χ1) is 11.0. The smallest absolute Gasteiger partial charge is 0.350 e. The predicted octanol–water partition coefficient (Wildman–Crippen LogP) is 2.17. The molecule has 1 saturated heterocycles. The Morgan fingerprint density at radius 1 is 1.26 bits per heavy atom. The van der Waals surface area contributed by atoms with E-state index in [1.165, 1.54) is 7.11 Å². The molecule has 6 heteroatoms. The third-order valence-corrected chi connectivity index (χ3v) is 4.82. The molecular formula is C17H23ClN2O3. The summed E-state index contributed by atoms with van der Waals surface area (Å²) in [4.78, 5) is 16.6. The number of piperazine rings is 1. The van der Waals surface area contributed by atoms with Crippen LogP contribution in [-0.4, -0.2) is 61.7 Å². The molecule has 2 fully saturated rings. The van der Waals surface area contributed by atoms with E-state index in [1.54, 1.807) is 6.07 Å². The number of hydrogen-bond acceptors (Lipinski definition) is 5. The van der Waals surface area contributed by atoms with Gasteiger partial charge in [-0.05, 0) is 19.2 Å². The van der Waals surface area contributed by atoms with E-state index in [2.05, 4.69) is 16.8 Å². The maximum atomic E-state index is 11.9. The Morgan fingerprint density at radius 3 is 2.57 bits per heavy atom. The third-order valence-electron chi connectivity index (χ3n) is 4.59. The van der Waals surface area contributed by atoms with E-state index in [1.807, 2.05) is 12.1 Å². The Labute approximate surface area is 142 Å². The summed E-state index contributed by atoms with van der Waals surface area (Å²) in [5.74, 6) is 0.391. The van der Waals surface area contributed by atoms with Gasteiger partial charge in [0.15, 0.2) is 0 Å². The number of halogens is 1. The monoisotopic (exact) mass is 338 g/mol. The molecule has 0 N–H and O–H groups in total. The van der Waals surface area contributed by atoms with Crippen molar-refractivity contribution in [3.63, 3.8) is 0 Å². The zero-order valence-corrected chi connectivity index (χ0v) is 14.4. The van der Waals surface area contributed by atoms with Gasteiger partial charge in [-0.15, -0.1) is 0 Å². The minimum Gasteiger partial charge on any atom is -0.475 e. The maximum Gasteiger partial charge on any atom is 0.350 e. The van der Waals surface area contributed by atoms with Crippen LogP contribution in [0.25, 0.3) is 0 Å². The number of nitrogens with zero attached hydrogens (tertiary/aromatic N) is 2. The van der Waals surface area contributed by atoms with E-state index in [4.69, 9.17) is 21.1 Å². The van der Waals surface area contributed by atoms with E-state index in [9.17, 15) is 4.79 Å². The van der Waals surface area contributed by atoms with Gasteiger partial charge in [0, 0.05) is 56.2 Å². The standard InChI is InChI=1S/C17H23ClN2O3/c1-19-7-9-20(10-8-19)12-13-3-4-14(18)11-15(13)23-17(5-6-17)16(21)22-2/h3-4,11H,5-10,12H2,1-2H3. The molecule has 1 aromatic rings. The van der Waals surface area contributed by atoms with Crippen molar-refractivity contribution >= 4 is 17.6 Å². The Kier molecular flexibility index (Phi) is 4.80. The van der Waals surface area contributed by atoms with Crippen LogP contribution in [0.5, 0.6) is 5.75 Å². The molecule has 2 aliphatic rings. The summed E-state index contributed by atoms with van der Waals surface area (Å²) in [6.07, 6.45) is 1.39. The van der Waals surface area contributed by atoms with Crippen molar-refractivity contribution in [2.75, 3.05) is 40.3 Å². The molecule has 126 valence electrons. The molecule has 0 amide bonds. The first kappa shape index (κ1) is 16.6. The highest BCUT2D eigenvalue weighted by molar-refractivity contribution is 6.30. The van der Waals surface area contributed by atoms with Gasteiger partial charge in [-0.2, -0.15) is 0 Å². The summed E-state index contributed by atoms with van der Waals surface area (Å²) >= 11 is 6.12. The maximum absolute atomic E-state index is 11.9. The van der Waals surface area contributed by atoms with Crippen LogP contribution in [0.15, 0.2) is 18.2 Å². The number of methoxy groups -OCH3 is 1. The number of rotatable bonds is 5. The van der Waals surface area contributed by atoms with Gasteiger partial charge in [-0.3, -0.25) is 4.90 Å². The fourth-order valence-corrected chi connectivity index (χ4v) is 3.02. The van der Waals surface area contributed by atoms with Crippen LogP contribution in [0.1, 0.15) is 18.4 Å². The molecule has 0 aromatic heterocycles. The molecule has 1 aromatic carbocycles. The number of benzene rings is 1. The lowest BCUT2D eigenvalue weighted by Crippen LogP contribution is -2.44. The van der Waals surface area contributed by atoms with Crippen LogP contribution in [0.2, 0.25) is 5.02 Å². The van der Waals surface area contributed by atoms with Gasteiger partial charge in [-0.1, -0.05) is 17.7 Å². The number of carbonyl (C=O) groups is 1. The van der Waals surface area contributed by atoms with Crippen molar-refractivity contribution < 1.29 is 14.3 Å². The normalized spacial score (nSPS) is 21.0. The van der Waals surface area contributed by atoms with Crippen molar-refractivity contribution in [1.82, 2.24) is 9.80 Å². The van der Waals surface area contributed by atoms with Crippen LogP contribution in [0, 0.1) is 0 Å². The average Bonchev–Trinajstić information content (AvgIpc) is 3.32. The third kappa shape index (κ3) is 3.79. The lowest BCUT2D eigenvalue weighted by atomic mass is 10.1. The predicted molar refractivity (Wildman–Crippen MR) is 88.8 cm³/mol. The highest BCUT2D eigenvalue weighted by atomic mass is 35.5. The van der Waals surface area contributed by atoms with Crippen molar-refractivity contribution in [2.24, 2.45) is 0 Å². The topological polar surface area (TPSA) is 42.0 Å². The molecule has 0 unspecified atom stereocenters. The number of hydrogen-bond donors (Lipinski definition) is 0. The molecule has 23 heavy (non-hydrogen) atoms. The molecule has 1 heterocycles. The zero-order chi connectivity index (χ0) is 16.4. The lowest BCUT2D eigenvalue weighted by Gasteiger charge is -2.32. The highest BCUT2D eigenvalue weighted by Crippen LogP contribution is 2.42. The summed E-state index contributed by atoms with van der Waals surface area (Å²) in [6.45, 7) is 4.99. The summed E-state index contributed by atoms with van der Waals surface area (Å²) < 4.78 is 10.9. The largest absolute Gasteiger partial charge is 0.475 e. The molecule has 1 aliphatic carbocycles.